The summed E-state index contributed by atoms with van der Waals surface area (Å²) < 4.78 is 72.1. The molecule has 0 aliphatic heterocycles. The lowest BCUT2D eigenvalue weighted by molar-refractivity contribution is -0.0500. The first-order valence-corrected chi connectivity index (χ1v) is 13.1. The van der Waals surface area contributed by atoms with Crippen molar-refractivity contribution in [3.8, 4) is 11.5 Å². The number of hydrogen-bond acceptors (Lipinski definition) is 7. The maximum absolute atomic E-state index is 12.9. The molecule has 0 aliphatic carbocycles. The smallest absolute Gasteiger partial charge is 0.491 e. The molecule has 164 valence electrons. The molecule has 0 unspecified atom stereocenters. The fourth-order valence-electron chi connectivity index (χ4n) is 2.31. The van der Waals surface area contributed by atoms with Crippen molar-refractivity contribution in [2.45, 2.75) is 32.7 Å². The standard InChI is InChI=1S/C17H20F3IO6S2/c1-10(8-22)4-5-13-15(27-29(24,25)17(18,19)20)12(3)11(2)14(9-23)16(13)26-6-7-28-21/h4,9,22H,5-8H2,1-3H3/b10-4+. The molecule has 12 heteroatoms. The lowest BCUT2D eigenvalue weighted by atomic mass is 9.95. The second kappa shape index (κ2) is 10.9. The highest BCUT2D eigenvalue weighted by molar-refractivity contribution is 14.2. The highest BCUT2D eigenvalue weighted by Gasteiger charge is 2.49. The van der Waals surface area contributed by atoms with Gasteiger partial charge in [-0.05, 0) is 59.5 Å². The monoisotopic (exact) mass is 568 g/mol. The first-order chi connectivity index (χ1) is 13.4. The number of aliphatic hydroxyl groups is 1. The second-order valence-electron chi connectivity index (χ2n) is 5.98. The van der Waals surface area contributed by atoms with Gasteiger partial charge in [-0.2, -0.15) is 21.6 Å². The van der Waals surface area contributed by atoms with Crippen molar-refractivity contribution in [2.75, 3.05) is 19.0 Å². The molecule has 1 rings (SSSR count). The van der Waals surface area contributed by atoms with E-state index in [1.165, 1.54) is 28.9 Å². The molecule has 0 aromatic heterocycles. The molecule has 0 spiro atoms. The van der Waals surface area contributed by atoms with E-state index in [-0.39, 0.29) is 47.6 Å². The molecular formula is C17H20F3IO6S2. The number of alkyl halides is 3. The molecule has 1 aromatic rings. The Hall–Kier alpha value is -0.990. The lowest BCUT2D eigenvalue weighted by Crippen LogP contribution is -2.29. The molecule has 1 N–H and O–H groups in total. The van der Waals surface area contributed by atoms with E-state index in [4.69, 9.17) is 4.74 Å². The minimum atomic E-state index is -5.94. The topological polar surface area (TPSA) is 89.9 Å². The van der Waals surface area contributed by atoms with Gasteiger partial charge in [0.05, 0.1) is 18.8 Å². The van der Waals surface area contributed by atoms with Gasteiger partial charge in [0.15, 0.2) is 12.0 Å². The van der Waals surface area contributed by atoms with E-state index in [0.717, 1.165) is 0 Å². The van der Waals surface area contributed by atoms with Crippen molar-refractivity contribution in [3.05, 3.63) is 33.9 Å². The second-order valence-corrected chi connectivity index (χ2v) is 10.0. The summed E-state index contributed by atoms with van der Waals surface area (Å²) in [5.41, 5.74) is -4.73. The van der Waals surface area contributed by atoms with Crippen LogP contribution < -0.4 is 8.92 Å². The van der Waals surface area contributed by atoms with Crippen LogP contribution in [0.3, 0.4) is 0 Å². The fourth-order valence-corrected chi connectivity index (χ4v) is 3.54. The van der Waals surface area contributed by atoms with Crippen LogP contribution in [0.25, 0.3) is 0 Å². The molecule has 29 heavy (non-hydrogen) atoms. The molecule has 0 bridgehead atoms. The van der Waals surface area contributed by atoms with Gasteiger partial charge in [0.1, 0.15) is 5.75 Å². The molecule has 0 saturated carbocycles. The van der Waals surface area contributed by atoms with Gasteiger partial charge in [-0.15, -0.1) is 0 Å². The van der Waals surface area contributed by atoms with Crippen molar-refractivity contribution in [3.63, 3.8) is 0 Å². The Morgan fingerprint density at radius 1 is 1.24 bits per heavy atom. The van der Waals surface area contributed by atoms with E-state index in [1.54, 1.807) is 6.92 Å². The number of carbonyl (C=O) groups excluding carboxylic acids is 1. The summed E-state index contributed by atoms with van der Waals surface area (Å²) in [6.45, 7) is 4.24. The zero-order valence-electron chi connectivity index (χ0n) is 15.8. The van der Waals surface area contributed by atoms with Crippen molar-refractivity contribution < 1.29 is 40.4 Å². The largest absolute Gasteiger partial charge is 0.534 e. The van der Waals surface area contributed by atoms with Crippen LogP contribution in [0, 0.1) is 13.8 Å². The third-order valence-electron chi connectivity index (χ3n) is 4.01. The molecule has 0 saturated heterocycles. The van der Waals surface area contributed by atoms with Crippen LogP contribution in [0.1, 0.15) is 34.0 Å². The Kier molecular flexibility index (Phi) is 9.76. The molecule has 0 aliphatic rings. The van der Waals surface area contributed by atoms with Crippen molar-refractivity contribution in [1.29, 1.82) is 0 Å². The minimum absolute atomic E-state index is 0.0192. The number of allylic oxidation sites excluding steroid dienone is 1. The third-order valence-corrected chi connectivity index (χ3v) is 6.60. The van der Waals surface area contributed by atoms with E-state index < -0.39 is 21.4 Å². The average molecular weight is 568 g/mol. The summed E-state index contributed by atoms with van der Waals surface area (Å²) >= 11 is 2.03. The third kappa shape index (κ3) is 6.49. The van der Waals surface area contributed by atoms with Crippen LogP contribution in [0.4, 0.5) is 13.2 Å². The van der Waals surface area contributed by atoms with Crippen molar-refractivity contribution in [1.82, 2.24) is 0 Å². The van der Waals surface area contributed by atoms with E-state index in [9.17, 15) is 31.5 Å². The van der Waals surface area contributed by atoms with Gasteiger partial charge < -0.3 is 14.0 Å². The Labute approximate surface area is 183 Å². The Bertz CT molecular complexity index is 882. The zero-order chi connectivity index (χ0) is 22.4. The number of ether oxygens (including phenoxy) is 1. The number of benzene rings is 1. The van der Waals surface area contributed by atoms with Crippen molar-refractivity contribution in [2.24, 2.45) is 0 Å². The van der Waals surface area contributed by atoms with Gasteiger partial charge in [-0.25, -0.2) is 0 Å². The summed E-state index contributed by atoms with van der Waals surface area (Å²) in [6.07, 6.45) is 1.89. The van der Waals surface area contributed by atoms with E-state index in [0.29, 0.717) is 17.6 Å². The SMILES string of the molecule is C/C(=C\Cc1c(OS(=O)(=O)C(F)(F)F)c(C)c(C)c(C=O)c1OCCSI)CO. The Balaban J connectivity index is 3.76. The first-order valence-electron chi connectivity index (χ1n) is 8.16. The van der Waals surface area contributed by atoms with Gasteiger partial charge in [-0.1, -0.05) is 20.6 Å². The maximum atomic E-state index is 12.9. The van der Waals surface area contributed by atoms with Gasteiger partial charge in [-0.3, -0.25) is 4.79 Å². The number of aliphatic hydroxyl groups excluding tert-OH is 1. The minimum Gasteiger partial charge on any atom is -0.491 e. The van der Waals surface area contributed by atoms with Crippen LogP contribution in [0.5, 0.6) is 11.5 Å². The van der Waals surface area contributed by atoms with Crippen LogP contribution in [-0.4, -0.2) is 44.3 Å². The van der Waals surface area contributed by atoms with Crippen LogP contribution in [-0.2, 0) is 16.5 Å². The maximum Gasteiger partial charge on any atom is 0.534 e. The Morgan fingerprint density at radius 3 is 2.34 bits per heavy atom. The van der Waals surface area contributed by atoms with Gasteiger partial charge in [0, 0.05) is 11.3 Å². The van der Waals surface area contributed by atoms with E-state index in [1.807, 2.05) is 21.2 Å². The molecule has 0 heterocycles. The number of aldehydes is 1. The number of hydrogen-bond donors (Lipinski definition) is 1. The lowest BCUT2D eigenvalue weighted by Gasteiger charge is -2.22. The number of halogens is 4. The summed E-state index contributed by atoms with van der Waals surface area (Å²) in [6, 6.07) is 0. The summed E-state index contributed by atoms with van der Waals surface area (Å²) in [5, 5.41) is 9.18. The predicted molar refractivity (Wildman–Crippen MR) is 113 cm³/mol. The summed E-state index contributed by atoms with van der Waals surface area (Å²) in [7, 11) is -4.51. The molecule has 1 aromatic carbocycles. The van der Waals surface area contributed by atoms with Gasteiger partial charge in [0.25, 0.3) is 0 Å². The highest BCUT2D eigenvalue weighted by Crippen LogP contribution is 2.41. The highest BCUT2D eigenvalue weighted by atomic mass is 127. The molecular weight excluding hydrogens is 548 g/mol. The summed E-state index contributed by atoms with van der Waals surface area (Å²) in [5.74, 6) is -0.0548. The van der Waals surface area contributed by atoms with Crippen LogP contribution in [0.15, 0.2) is 11.6 Å². The predicted octanol–water partition coefficient (Wildman–Crippen LogP) is 4.29. The Morgan fingerprint density at radius 2 is 1.86 bits per heavy atom. The van der Waals surface area contributed by atoms with E-state index >= 15 is 0 Å². The van der Waals surface area contributed by atoms with Gasteiger partial charge >= 0.3 is 15.6 Å². The molecule has 0 amide bonds. The van der Waals surface area contributed by atoms with Crippen LogP contribution in [0.2, 0.25) is 0 Å². The van der Waals surface area contributed by atoms with Crippen LogP contribution >= 0.6 is 30.1 Å². The fraction of sp³-hybridized carbons (Fsp3) is 0.471. The summed E-state index contributed by atoms with van der Waals surface area (Å²) in [4.78, 5) is 11.7. The van der Waals surface area contributed by atoms with Gasteiger partial charge in [0.2, 0.25) is 0 Å². The quantitative estimate of drug-likeness (QED) is 0.113. The van der Waals surface area contributed by atoms with Crippen molar-refractivity contribution >= 4 is 46.5 Å². The number of carbonyl (C=O) groups is 1. The zero-order valence-corrected chi connectivity index (χ0v) is 19.6. The average Bonchev–Trinajstić information content (AvgIpc) is 2.64. The molecule has 0 radical (unpaired) electrons. The number of rotatable bonds is 10. The normalized spacial score (nSPS) is 12.8. The molecule has 6 nitrogen and oxygen atoms in total. The molecule has 0 atom stereocenters. The van der Waals surface area contributed by atoms with E-state index in [2.05, 4.69) is 4.18 Å². The first kappa shape index (κ1) is 26.0. The molecule has 0 fully saturated rings.